The molecule has 0 bridgehead atoms. The number of aromatic nitrogens is 2. The zero-order valence-electron chi connectivity index (χ0n) is 13.6. The molecule has 0 aliphatic rings. The first-order valence-corrected chi connectivity index (χ1v) is 11.2. The van der Waals surface area contributed by atoms with Crippen molar-refractivity contribution in [2.45, 2.75) is 39.0 Å². The van der Waals surface area contributed by atoms with Crippen molar-refractivity contribution in [2.75, 3.05) is 6.61 Å². The average Bonchev–Trinajstić information content (AvgIpc) is 2.82. The summed E-state index contributed by atoms with van der Waals surface area (Å²) in [6.45, 7) is 7.73. The van der Waals surface area contributed by atoms with E-state index in [0.717, 1.165) is 6.04 Å². The first-order chi connectivity index (χ1) is 10.8. The Labute approximate surface area is 135 Å². The molecule has 2 aromatic heterocycles. The molecule has 126 valence electrons. The predicted molar refractivity (Wildman–Crippen MR) is 88.7 cm³/mol. The van der Waals surface area contributed by atoms with Crippen molar-refractivity contribution in [3.63, 3.8) is 0 Å². The molecule has 0 spiro atoms. The van der Waals surface area contributed by atoms with Gasteiger partial charge in [-0.25, -0.2) is 14.2 Å². The van der Waals surface area contributed by atoms with Crippen LogP contribution in [0, 0.1) is 5.82 Å². The van der Waals surface area contributed by atoms with E-state index in [9.17, 15) is 9.18 Å². The summed E-state index contributed by atoms with van der Waals surface area (Å²) in [5, 5.41) is 10.7. The van der Waals surface area contributed by atoms with E-state index >= 15 is 0 Å². The van der Waals surface area contributed by atoms with Crippen molar-refractivity contribution in [3.05, 3.63) is 29.8 Å². The Morgan fingerprint density at radius 2 is 2.22 bits per heavy atom. The van der Waals surface area contributed by atoms with E-state index < -0.39 is 20.0 Å². The summed E-state index contributed by atoms with van der Waals surface area (Å²) in [5.74, 6) is -0.534. The van der Waals surface area contributed by atoms with Gasteiger partial charge in [-0.05, 0) is 12.1 Å². The summed E-state index contributed by atoms with van der Waals surface area (Å²) >= 11 is 0. The minimum atomic E-state index is -1.21. The number of carboxylic acid groups (broad SMARTS) is 1. The molecule has 23 heavy (non-hydrogen) atoms. The molecule has 0 radical (unpaired) electrons. The summed E-state index contributed by atoms with van der Waals surface area (Å²) in [6.07, 6.45) is 0.583. The van der Waals surface area contributed by atoms with Gasteiger partial charge in [-0.2, -0.15) is 0 Å². The van der Waals surface area contributed by atoms with Crippen LogP contribution in [0.4, 0.5) is 9.18 Å². The molecule has 0 saturated heterocycles. The monoisotopic (exact) mass is 339 g/mol. The quantitative estimate of drug-likeness (QED) is 0.600. The van der Waals surface area contributed by atoms with Crippen LogP contribution in [-0.4, -0.2) is 35.4 Å². The predicted octanol–water partition coefficient (Wildman–Crippen LogP) is 3.26. The lowest BCUT2D eigenvalue weighted by Gasteiger charge is -2.15. The number of carbonyl (C=O) groups is 1. The molecule has 0 aromatic carbocycles. The highest BCUT2D eigenvalue weighted by Gasteiger charge is 2.13. The molecule has 1 amide bonds. The third-order valence-corrected chi connectivity index (χ3v) is 5.12. The summed E-state index contributed by atoms with van der Waals surface area (Å²) in [4.78, 5) is 14.7. The Balaban J connectivity index is 2.05. The molecule has 0 saturated carbocycles. The fourth-order valence-corrected chi connectivity index (χ4v) is 2.82. The Kier molecular flexibility index (Phi) is 5.37. The maximum absolute atomic E-state index is 14.0. The van der Waals surface area contributed by atoms with Crippen molar-refractivity contribution in [1.82, 2.24) is 14.9 Å². The van der Waals surface area contributed by atoms with Gasteiger partial charge in [0.2, 0.25) is 0 Å². The van der Waals surface area contributed by atoms with Crippen molar-refractivity contribution < 1.29 is 19.0 Å². The van der Waals surface area contributed by atoms with Gasteiger partial charge in [-0.15, -0.1) is 0 Å². The maximum Gasteiger partial charge on any atom is 0.404 e. The van der Waals surface area contributed by atoms with E-state index in [2.05, 4.69) is 29.9 Å². The van der Waals surface area contributed by atoms with Crippen LogP contribution in [0.1, 0.15) is 5.69 Å². The van der Waals surface area contributed by atoms with Gasteiger partial charge in [0.15, 0.2) is 0 Å². The topological polar surface area (TPSA) is 76.4 Å². The summed E-state index contributed by atoms with van der Waals surface area (Å²) < 4.78 is 21.5. The normalized spacial score (nSPS) is 11.8. The third-order valence-electron chi connectivity index (χ3n) is 3.41. The van der Waals surface area contributed by atoms with Crippen LogP contribution in [0.2, 0.25) is 25.7 Å². The van der Waals surface area contributed by atoms with Gasteiger partial charge >= 0.3 is 6.09 Å². The molecule has 0 aliphatic carbocycles. The molecule has 0 unspecified atom stereocenters. The standard InChI is InChI=1S/C15H22FN3O3Si/c1-23(2,3)7-6-22-10-19-5-4-12-14(19)8-11(16)13(18-12)9-17-15(20)21/h4-5,8,17H,6-7,9-10H2,1-3H3,(H,20,21). The Bertz CT molecular complexity index is 697. The number of rotatable bonds is 7. The Morgan fingerprint density at radius 3 is 2.87 bits per heavy atom. The number of halogens is 1. The number of hydrogen-bond donors (Lipinski definition) is 2. The Hall–Kier alpha value is -1.93. The second-order valence-electron chi connectivity index (χ2n) is 6.61. The van der Waals surface area contributed by atoms with E-state index in [-0.39, 0.29) is 12.2 Å². The minimum absolute atomic E-state index is 0.0808. The van der Waals surface area contributed by atoms with Crippen LogP contribution in [0.3, 0.4) is 0 Å². The lowest BCUT2D eigenvalue weighted by molar-refractivity contribution is 0.0902. The van der Waals surface area contributed by atoms with Gasteiger partial charge in [0.1, 0.15) is 12.5 Å². The van der Waals surface area contributed by atoms with E-state index in [4.69, 9.17) is 9.84 Å². The molecule has 2 N–H and O–H groups in total. The number of amides is 1. The molecule has 0 fully saturated rings. The molecular formula is C15H22FN3O3Si. The largest absolute Gasteiger partial charge is 0.465 e. The zero-order valence-corrected chi connectivity index (χ0v) is 14.6. The second-order valence-corrected chi connectivity index (χ2v) is 12.2. The van der Waals surface area contributed by atoms with Gasteiger partial charge in [0.05, 0.1) is 23.3 Å². The van der Waals surface area contributed by atoms with Crippen molar-refractivity contribution in [1.29, 1.82) is 0 Å². The van der Waals surface area contributed by atoms with Gasteiger partial charge in [0.25, 0.3) is 0 Å². The van der Waals surface area contributed by atoms with Crippen LogP contribution in [0.15, 0.2) is 18.3 Å². The third kappa shape index (κ3) is 5.04. The van der Waals surface area contributed by atoms with Crippen molar-refractivity contribution in [2.24, 2.45) is 0 Å². The highest BCUT2D eigenvalue weighted by atomic mass is 28.3. The number of fused-ring (bicyclic) bond motifs is 1. The summed E-state index contributed by atoms with van der Waals surface area (Å²) in [6, 6.07) is 4.20. The van der Waals surface area contributed by atoms with Crippen LogP contribution < -0.4 is 5.32 Å². The molecule has 2 rings (SSSR count). The van der Waals surface area contributed by atoms with Crippen LogP contribution in [0.5, 0.6) is 0 Å². The van der Waals surface area contributed by atoms with Crippen LogP contribution in [0.25, 0.3) is 11.0 Å². The minimum Gasteiger partial charge on any atom is -0.465 e. The van der Waals surface area contributed by atoms with E-state index in [1.54, 1.807) is 16.8 Å². The number of pyridine rings is 1. The first kappa shape index (κ1) is 17.4. The maximum atomic E-state index is 14.0. The van der Waals surface area contributed by atoms with Gasteiger partial charge in [0, 0.05) is 26.9 Å². The highest BCUT2D eigenvalue weighted by Crippen LogP contribution is 2.18. The van der Waals surface area contributed by atoms with Gasteiger partial charge in [-0.1, -0.05) is 19.6 Å². The number of hydrogen-bond acceptors (Lipinski definition) is 3. The molecule has 0 atom stereocenters. The van der Waals surface area contributed by atoms with E-state index in [1.807, 2.05) is 0 Å². The fraction of sp³-hybridized carbons (Fsp3) is 0.467. The SMILES string of the molecule is C[Si](C)(C)CCOCn1ccc2nc(CNC(=O)O)c(F)cc21. The Morgan fingerprint density at radius 1 is 1.48 bits per heavy atom. The van der Waals surface area contributed by atoms with Crippen molar-refractivity contribution >= 4 is 25.2 Å². The van der Waals surface area contributed by atoms with E-state index in [1.165, 1.54) is 6.07 Å². The van der Waals surface area contributed by atoms with Gasteiger partial charge in [-0.3, -0.25) is 0 Å². The fourth-order valence-electron chi connectivity index (χ4n) is 2.06. The molecule has 2 aromatic rings. The average molecular weight is 339 g/mol. The lowest BCUT2D eigenvalue weighted by Crippen LogP contribution is -2.22. The van der Waals surface area contributed by atoms with Crippen molar-refractivity contribution in [3.8, 4) is 0 Å². The van der Waals surface area contributed by atoms with Gasteiger partial charge < -0.3 is 19.7 Å². The highest BCUT2D eigenvalue weighted by molar-refractivity contribution is 6.76. The van der Waals surface area contributed by atoms with Crippen LogP contribution in [-0.2, 0) is 18.0 Å². The molecule has 0 aliphatic heterocycles. The summed E-state index contributed by atoms with van der Waals surface area (Å²) in [5.41, 5.74) is 1.33. The summed E-state index contributed by atoms with van der Waals surface area (Å²) in [7, 11) is -1.13. The van der Waals surface area contributed by atoms with Crippen LogP contribution >= 0.6 is 0 Å². The number of ether oxygens (including phenoxy) is 1. The molecule has 2 heterocycles. The molecule has 6 nitrogen and oxygen atoms in total. The molecule has 8 heteroatoms. The zero-order chi connectivity index (χ0) is 17.0. The smallest absolute Gasteiger partial charge is 0.404 e. The second kappa shape index (κ2) is 7.09. The number of nitrogens with one attached hydrogen (secondary N) is 1. The number of nitrogens with zero attached hydrogens (tertiary/aromatic N) is 2. The first-order valence-electron chi connectivity index (χ1n) is 7.45. The van der Waals surface area contributed by atoms with E-state index in [0.29, 0.717) is 24.4 Å². The molecular weight excluding hydrogens is 317 g/mol. The lowest BCUT2D eigenvalue weighted by atomic mass is 10.3.